The second-order valence-electron chi connectivity index (χ2n) is 13.8. The van der Waals surface area contributed by atoms with Crippen molar-refractivity contribution in [3.63, 3.8) is 0 Å². The first kappa shape index (κ1) is 24.1. The molecule has 208 valence electrons. The number of anilines is 3. The number of fused-ring (bicyclic) bond motifs is 6. The van der Waals surface area contributed by atoms with E-state index in [0.29, 0.717) is 0 Å². The molecule has 6 aromatic rings. The Bertz CT molecular complexity index is 2030. The molecule has 4 saturated carbocycles. The molecule has 4 fully saturated rings. The molecule has 4 bridgehead atoms. The van der Waals surface area contributed by atoms with Crippen molar-refractivity contribution < 1.29 is 0 Å². The van der Waals surface area contributed by atoms with Crippen LogP contribution < -0.4 is 4.90 Å². The maximum atomic E-state index is 2.62. The molecule has 6 aromatic carbocycles. The summed E-state index contributed by atoms with van der Waals surface area (Å²) in [6, 6.07) is 48.1. The van der Waals surface area contributed by atoms with Gasteiger partial charge < -0.3 is 4.90 Å². The van der Waals surface area contributed by atoms with E-state index in [2.05, 4.69) is 132 Å². The number of para-hydroxylation sites is 1. The van der Waals surface area contributed by atoms with Gasteiger partial charge in [-0.2, -0.15) is 0 Å². The molecule has 0 atom stereocenters. The topological polar surface area (TPSA) is 3.24 Å². The number of hydrogen-bond donors (Lipinski definition) is 0. The third-order valence-corrected chi connectivity index (χ3v) is 11.8. The van der Waals surface area contributed by atoms with E-state index >= 15 is 0 Å². The summed E-state index contributed by atoms with van der Waals surface area (Å²) in [6.45, 7) is 0. The fourth-order valence-corrected chi connectivity index (χ4v) is 10.5. The van der Waals surface area contributed by atoms with Crippen LogP contribution in [0.1, 0.15) is 43.2 Å². The molecular formula is C42H35N. The highest BCUT2D eigenvalue weighted by Gasteiger charge is 2.61. The van der Waals surface area contributed by atoms with Crippen molar-refractivity contribution in [2.75, 3.05) is 4.90 Å². The molecule has 0 N–H and O–H groups in total. The first-order valence-electron chi connectivity index (χ1n) is 16.3. The lowest BCUT2D eigenvalue weighted by Crippen LogP contribution is -2.55. The Kier molecular flexibility index (Phi) is 4.95. The van der Waals surface area contributed by atoms with Gasteiger partial charge in [0.1, 0.15) is 0 Å². The van der Waals surface area contributed by atoms with Crippen LogP contribution in [0.3, 0.4) is 0 Å². The van der Waals surface area contributed by atoms with Crippen LogP contribution in [-0.4, -0.2) is 0 Å². The van der Waals surface area contributed by atoms with Gasteiger partial charge in [-0.3, -0.25) is 0 Å². The van der Waals surface area contributed by atoms with Crippen LogP contribution in [0.2, 0.25) is 0 Å². The monoisotopic (exact) mass is 553 g/mol. The van der Waals surface area contributed by atoms with E-state index in [-0.39, 0.29) is 5.41 Å². The number of benzene rings is 6. The summed E-state index contributed by atoms with van der Waals surface area (Å²) in [6.07, 6.45) is 7.10. The largest absolute Gasteiger partial charge is 0.310 e. The third kappa shape index (κ3) is 3.23. The first-order chi connectivity index (χ1) is 21.3. The van der Waals surface area contributed by atoms with Crippen LogP contribution in [0.5, 0.6) is 0 Å². The zero-order valence-corrected chi connectivity index (χ0v) is 24.4. The third-order valence-electron chi connectivity index (χ3n) is 11.8. The van der Waals surface area contributed by atoms with E-state index in [4.69, 9.17) is 0 Å². The SMILES string of the molecule is c1ccc(N(c2ccc3c(c2)C2(c4ccccc4-3)C3CC4CC(C3)CC2C4)c2cc3ccccc3c3ccccc23)cc1. The Labute approximate surface area is 253 Å². The van der Waals surface area contributed by atoms with E-state index < -0.39 is 0 Å². The maximum absolute atomic E-state index is 2.62. The molecule has 0 aromatic heterocycles. The van der Waals surface area contributed by atoms with E-state index in [9.17, 15) is 0 Å². The highest BCUT2D eigenvalue weighted by molar-refractivity contribution is 6.14. The smallest absolute Gasteiger partial charge is 0.0546 e. The molecule has 0 amide bonds. The maximum Gasteiger partial charge on any atom is 0.0546 e. The molecule has 0 heterocycles. The molecular weight excluding hydrogens is 518 g/mol. The highest BCUT2D eigenvalue weighted by atomic mass is 15.1. The summed E-state index contributed by atoms with van der Waals surface area (Å²) >= 11 is 0. The average Bonchev–Trinajstić information content (AvgIpc) is 3.34. The van der Waals surface area contributed by atoms with Crippen molar-refractivity contribution in [3.8, 4) is 11.1 Å². The molecule has 0 radical (unpaired) electrons. The van der Waals surface area contributed by atoms with E-state index in [1.165, 1.54) is 81.8 Å². The van der Waals surface area contributed by atoms with Crippen LogP contribution in [0.4, 0.5) is 17.1 Å². The summed E-state index contributed by atoms with van der Waals surface area (Å²) < 4.78 is 0. The predicted octanol–water partition coefficient (Wildman–Crippen LogP) is 11.2. The van der Waals surface area contributed by atoms with Gasteiger partial charge in [0, 0.05) is 22.2 Å². The van der Waals surface area contributed by atoms with Gasteiger partial charge in [0.15, 0.2) is 0 Å². The summed E-state index contributed by atoms with van der Waals surface area (Å²) in [5.41, 5.74) is 10.1. The van der Waals surface area contributed by atoms with Gasteiger partial charge in [-0.25, -0.2) is 0 Å². The molecule has 11 rings (SSSR count). The van der Waals surface area contributed by atoms with Crippen molar-refractivity contribution in [2.45, 2.75) is 37.5 Å². The van der Waals surface area contributed by atoms with Crippen LogP contribution in [0.15, 0.2) is 127 Å². The number of hydrogen-bond acceptors (Lipinski definition) is 1. The molecule has 1 heteroatoms. The van der Waals surface area contributed by atoms with E-state index in [1.54, 1.807) is 11.1 Å². The van der Waals surface area contributed by atoms with Gasteiger partial charge in [0.2, 0.25) is 0 Å². The lowest BCUT2D eigenvalue weighted by Gasteiger charge is -2.61. The minimum absolute atomic E-state index is 0.156. The van der Waals surface area contributed by atoms with Gasteiger partial charge in [-0.1, -0.05) is 97.1 Å². The van der Waals surface area contributed by atoms with Crippen molar-refractivity contribution in [3.05, 3.63) is 139 Å². The van der Waals surface area contributed by atoms with Gasteiger partial charge >= 0.3 is 0 Å². The van der Waals surface area contributed by atoms with Gasteiger partial charge in [0.05, 0.1) is 5.69 Å². The Morgan fingerprint density at radius 2 is 1.09 bits per heavy atom. The van der Waals surface area contributed by atoms with E-state index in [0.717, 1.165) is 23.7 Å². The highest BCUT2D eigenvalue weighted by Crippen LogP contribution is 2.69. The fourth-order valence-electron chi connectivity index (χ4n) is 10.5. The van der Waals surface area contributed by atoms with Crippen LogP contribution >= 0.6 is 0 Å². The predicted molar refractivity (Wildman–Crippen MR) is 179 cm³/mol. The zero-order chi connectivity index (χ0) is 28.1. The second kappa shape index (κ2) is 8.83. The Morgan fingerprint density at radius 1 is 0.465 bits per heavy atom. The first-order valence-corrected chi connectivity index (χ1v) is 16.3. The Morgan fingerprint density at radius 3 is 1.88 bits per heavy atom. The second-order valence-corrected chi connectivity index (χ2v) is 13.8. The molecule has 0 unspecified atom stereocenters. The normalized spacial score (nSPS) is 26.2. The lowest BCUT2D eigenvalue weighted by molar-refractivity contribution is -0.0399. The average molecular weight is 554 g/mol. The summed E-state index contributed by atoms with van der Waals surface area (Å²) in [5, 5.41) is 5.19. The Hall–Kier alpha value is -4.36. The van der Waals surface area contributed by atoms with Gasteiger partial charge in [0.25, 0.3) is 0 Å². The van der Waals surface area contributed by atoms with Gasteiger partial charge in [-0.15, -0.1) is 0 Å². The van der Waals surface area contributed by atoms with Crippen molar-refractivity contribution in [1.29, 1.82) is 0 Å². The van der Waals surface area contributed by atoms with Crippen LogP contribution in [0, 0.1) is 23.7 Å². The molecule has 43 heavy (non-hydrogen) atoms. The fraction of sp³-hybridized carbons (Fsp3) is 0.238. The summed E-state index contributed by atoms with van der Waals surface area (Å²) in [4.78, 5) is 2.53. The summed E-state index contributed by atoms with van der Waals surface area (Å²) in [7, 11) is 0. The standard InChI is InChI=1S/C42H35N/c1-2-11-32(12-3-1)43(41-25-29-10-4-5-13-34(29)35-14-6-7-16-38(35)41)33-18-19-37-36-15-8-9-17-39(36)42(40(37)26-33)30-21-27-20-28(23-30)24-31(42)22-27/h1-19,25-28,30-31H,20-24H2. The van der Waals surface area contributed by atoms with Crippen molar-refractivity contribution in [1.82, 2.24) is 0 Å². The lowest BCUT2D eigenvalue weighted by atomic mass is 9.43. The van der Waals surface area contributed by atoms with Gasteiger partial charge in [-0.05, 0) is 125 Å². The molecule has 5 aliphatic rings. The molecule has 5 aliphatic carbocycles. The minimum Gasteiger partial charge on any atom is -0.310 e. The molecule has 1 spiro atoms. The molecule has 1 nitrogen and oxygen atoms in total. The minimum atomic E-state index is 0.156. The molecule has 0 saturated heterocycles. The molecule has 0 aliphatic heterocycles. The summed E-state index contributed by atoms with van der Waals surface area (Å²) in [5.74, 6) is 3.40. The van der Waals surface area contributed by atoms with Crippen molar-refractivity contribution >= 4 is 38.6 Å². The quantitative estimate of drug-likeness (QED) is 0.197. The van der Waals surface area contributed by atoms with Crippen LogP contribution in [0.25, 0.3) is 32.7 Å². The van der Waals surface area contributed by atoms with Crippen LogP contribution in [-0.2, 0) is 5.41 Å². The van der Waals surface area contributed by atoms with E-state index in [1.807, 2.05) is 0 Å². The van der Waals surface area contributed by atoms with Crippen molar-refractivity contribution in [2.24, 2.45) is 23.7 Å². The zero-order valence-electron chi connectivity index (χ0n) is 24.4. The number of nitrogens with zero attached hydrogens (tertiary/aromatic N) is 1. The Balaban J connectivity index is 1.24. The number of rotatable bonds is 3.